The van der Waals surface area contributed by atoms with Gasteiger partial charge in [0.05, 0.1) is 16.3 Å². The van der Waals surface area contributed by atoms with Crippen LogP contribution in [0.5, 0.6) is 0 Å². The highest BCUT2D eigenvalue weighted by atomic mass is 35.5. The molecule has 0 atom stereocenters. The van der Waals surface area contributed by atoms with Crippen molar-refractivity contribution in [1.29, 1.82) is 0 Å². The normalized spacial score (nSPS) is 10.8. The van der Waals surface area contributed by atoms with Crippen LogP contribution in [0.1, 0.15) is 11.1 Å². The van der Waals surface area contributed by atoms with Crippen molar-refractivity contribution in [2.75, 3.05) is 11.1 Å². The molecule has 1 heterocycles. The van der Waals surface area contributed by atoms with Crippen LogP contribution in [0.15, 0.2) is 46.0 Å². The molecular formula is C18H15Cl2N3O2S. The Labute approximate surface area is 165 Å². The standard InChI is InChI=1S/C18H15Cl2N3O2S/c1-10-4-3-5-11(2)16(10)21-15(24)9-26-18-23-22-17(25-18)13-7-6-12(19)8-14(13)20/h3-8H,9H2,1-2H3,(H,21,24). The van der Waals surface area contributed by atoms with E-state index in [1.54, 1.807) is 18.2 Å². The summed E-state index contributed by atoms with van der Waals surface area (Å²) in [6.45, 7) is 3.91. The third-order valence-electron chi connectivity index (χ3n) is 3.64. The number of thioether (sulfide) groups is 1. The van der Waals surface area contributed by atoms with Gasteiger partial charge in [-0.15, -0.1) is 10.2 Å². The fourth-order valence-corrected chi connectivity index (χ4v) is 3.41. The highest BCUT2D eigenvalue weighted by Gasteiger charge is 2.14. The summed E-state index contributed by atoms with van der Waals surface area (Å²) in [6.07, 6.45) is 0. The number of hydrogen-bond acceptors (Lipinski definition) is 5. The minimum atomic E-state index is -0.142. The molecule has 0 fully saturated rings. The van der Waals surface area contributed by atoms with Crippen LogP contribution >= 0.6 is 35.0 Å². The molecule has 134 valence electrons. The number of hydrogen-bond donors (Lipinski definition) is 1. The Hall–Kier alpha value is -2.02. The van der Waals surface area contributed by atoms with E-state index >= 15 is 0 Å². The molecular weight excluding hydrogens is 393 g/mol. The van der Waals surface area contributed by atoms with Gasteiger partial charge in [0.25, 0.3) is 5.22 Å². The van der Waals surface area contributed by atoms with Gasteiger partial charge >= 0.3 is 0 Å². The molecule has 5 nitrogen and oxygen atoms in total. The number of carbonyl (C=O) groups excluding carboxylic acids is 1. The van der Waals surface area contributed by atoms with Crippen molar-refractivity contribution in [2.45, 2.75) is 19.1 Å². The van der Waals surface area contributed by atoms with Crippen LogP contribution in [0, 0.1) is 13.8 Å². The molecule has 0 aliphatic carbocycles. The van der Waals surface area contributed by atoms with Gasteiger partial charge in [-0.05, 0) is 43.2 Å². The average molecular weight is 408 g/mol. The van der Waals surface area contributed by atoms with Crippen molar-refractivity contribution in [3.05, 3.63) is 57.6 Å². The Morgan fingerprint density at radius 1 is 1.15 bits per heavy atom. The lowest BCUT2D eigenvalue weighted by atomic mass is 10.1. The summed E-state index contributed by atoms with van der Waals surface area (Å²) in [4.78, 5) is 12.2. The molecule has 8 heteroatoms. The molecule has 1 amide bonds. The molecule has 26 heavy (non-hydrogen) atoms. The topological polar surface area (TPSA) is 68.0 Å². The second-order valence-electron chi connectivity index (χ2n) is 5.60. The van der Waals surface area contributed by atoms with Crippen LogP contribution in [0.2, 0.25) is 10.0 Å². The zero-order valence-electron chi connectivity index (χ0n) is 14.0. The number of halogens is 2. The molecule has 0 saturated carbocycles. The minimum absolute atomic E-state index is 0.142. The minimum Gasteiger partial charge on any atom is -0.411 e. The fourth-order valence-electron chi connectivity index (χ4n) is 2.35. The monoisotopic (exact) mass is 407 g/mol. The highest BCUT2D eigenvalue weighted by Crippen LogP contribution is 2.31. The summed E-state index contributed by atoms with van der Waals surface area (Å²) >= 11 is 13.2. The summed E-state index contributed by atoms with van der Waals surface area (Å²) in [5, 5.41) is 12.1. The van der Waals surface area contributed by atoms with Crippen LogP contribution < -0.4 is 5.32 Å². The first-order chi connectivity index (χ1) is 12.4. The zero-order valence-corrected chi connectivity index (χ0v) is 16.4. The second-order valence-corrected chi connectivity index (χ2v) is 7.37. The van der Waals surface area contributed by atoms with Crippen LogP contribution in [0.4, 0.5) is 5.69 Å². The molecule has 0 radical (unpaired) electrons. The number of nitrogens with one attached hydrogen (secondary N) is 1. The van der Waals surface area contributed by atoms with E-state index in [0.29, 0.717) is 20.8 Å². The summed E-state index contributed by atoms with van der Waals surface area (Å²) < 4.78 is 5.57. The Balaban J connectivity index is 1.64. The molecule has 0 saturated heterocycles. The molecule has 3 aromatic rings. The number of benzene rings is 2. The second kappa shape index (κ2) is 8.12. The SMILES string of the molecule is Cc1cccc(C)c1NC(=O)CSc1nnc(-c2ccc(Cl)cc2Cl)o1. The predicted molar refractivity (Wildman–Crippen MR) is 105 cm³/mol. The fraction of sp³-hybridized carbons (Fsp3) is 0.167. The third kappa shape index (κ3) is 4.38. The van der Waals surface area contributed by atoms with E-state index in [1.165, 1.54) is 0 Å². The van der Waals surface area contributed by atoms with E-state index in [-0.39, 0.29) is 17.6 Å². The molecule has 0 aliphatic rings. The first-order valence-electron chi connectivity index (χ1n) is 7.72. The molecule has 0 aliphatic heterocycles. The van der Waals surface area contributed by atoms with Crippen LogP contribution in [0.25, 0.3) is 11.5 Å². The largest absolute Gasteiger partial charge is 0.411 e. The van der Waals surface area contributed by atoms with Crippen LogP contribution in [-0.4, -0.2) is 21.9 Å². The van der Waals surface area contributed by atoms with Crippen molar-refractivity contribution >= 4 is 46.6 Å². The molecule has 0 bridgehead atoms. The maximum absolute atomic E-state index is 12.2. The van der Waals surface area contributed by atoms with E-state index in [0.717, 1.165) is 28.6 Å². The van der Waals surface area contributed by atoms with E-state index < -0.39 is 0 Å². The van der Waals surface area contributed by atoms with E-state index in [4.69, 9.17) is 27.6 Å². The molecule has 2 aromatic carbocycles. The van der Waals surface area contributed by atoms with E-state index in [9.17, 15) is 4.79 Å². The van der Waals surface area contributed by atoms with Gasteiger partial charge in [0.15, 0.2) is 0 Å². The number of nitrogens with zero attached hydrogens (tertiary/aromatic N) is 2. The van der Waals surface area contributed by atoms with Crippen molar-refractivity contribution in [3.63, 3.8) is 0 Å². The smallest absolute Gasteiger partial charge is 0.277 e. The number of amides is 1. The van der Waals surface area contributed by atoms with Crippen molar-refractivity contribution < 1.29 is 9.21 Å². The average Bonchev–Trinajstić information content (AvgIpc) is 3.05. The van der Waals surface area contributed by atoms with Gasteiger partial charge in [-0.3, -0.25) is 4.79 Å². The van der Waals surface area contributed by atoms with E-state index in [1.807, 2.05) is 32.0 Å². The lowest BCUT2D eigenvalue weighted by Gasteiger charge is -2.10. The summed E-state index contributed by atoms with van der Waals surface area (Å²) in [7, 11) is 0. The summed E-state index contributed by atoms with van der Waals surface area (Å²) in [6, 6.07) is 10.9. The third-order valence-corrected chi connectivity index (χ3v) is 5.01. The summed E-state index contributed by atoms with van der Waals surface area (Å²) in [5.41, 5.74) is 3.45. The first kappa shape index (κ1) is 18.8. The Bertz CT molecular complexity index is 939. The molecule has 1 aromatic heterocycles. The predicted octanol–water partition coefficient (Wildman–Crippen LogP) is 5.39. The van der Waals surface area contributed by atoms with Crippen molar-refractivity contribution in [3.8, 4) is 11.5 Å². The maximum Gasteiger partial charge on any atom is 0.277 e. The van der Waals surface area contributed by atoms with Gasteiger partial charge < -0.3 is 9.73 Å². The highest BCUT2D eigenvalue weighted by molar-refractivity contribution is 7.99. The summed E-state index contributed by atoms with van der Waals surface area (Å²) in [5.74, 6) is 0.296. The molecule has 1 N–H and O–H groups in total. The zero-order chi connectivity index (χ0) is 18.7. The lowest BCUT2D eigenvalue weighted by Crippen LogP contribution is -2.15. The van der Waals surface area contributed by atoms with Crippen molar-refractivity contribution in [1.82, 2.24) is 10.2 Å². The van der Waals surface area contributed by atoms with Gasteiger partial charge in [-0.1, -0.05) is 53.2 Å². The number of aryl methyl sites for hydroxylation is 2. The van der Waals surface area contributed by atoms with Gasteiger partial charge in [0.2, 0.25) is 11.8 Å². The van der Waals surface area contributed by atoms with Crippen molar-refractivity contribution in [2.24, 2.45) is 0 Å². The first-order valence-corrected chi connectivity index (χ1v) is 9.46. The number of para-hydroxylation sites is 1. The van der Waals surface area contributed by atoms with Gasteiger partial charge in [0, 0.05) is 10.7 Å². The van der Waals surface area contributed by atoms with Gasteiger partial charge in [-0.2, -0.15) is 0 Å². The number of rotatable bonds is 5. The lowest BCUT2D eigenvalue weighted by molar-refractivity contribution is -0.113. The quantitative estimate of drug-likeness (QED) is 0.574. The Kier molecular flexibility index (Phi) is 5.86. The van der Waals surface area contributed by atoms with Crippen LogP contribution in [0.3, 0.4) is 0 Å². The van der Waals surface area contributed by atoms with Gasteiger partial charge in [-0.25, -0.2) is 0 Å². The number of carbonyl (C=O) groups is 1. The van der Waals surface area contributed by atoms with E-state index in [2.05, 4.69) is 15.5 Å². The number of anilines is 1. The number of aromatic nitrogens is 2. The molecule has 0 spiro atoms. The Morgan fingerprint density at radius 3 is 2.58 bits per heavy atom. The maximum atomic E-state index is 12.2. The van der Waals surface area contributed by atoms with Gasteiger partial charge in [0.1, 0.15) is 0 Å². The molecule has 0 unspecified atom stereocenters. The molecule has 3 rings (SSSR count). The van der Waals surface area contributed by atoms with Crippen LogP contribution in [-0.2, 0) is 4.79 Å². The Morgan fingerprint density at radius 2 is 1.88 bits per heavy atom.